The molecule has 0 saturated heterocycles. The van der Waals surface area contributed by atoms with Crippen LogP contribution in [0.15, 0.2) is 9.69 Å². The van der Waals surface area contributed by atoms with Gasteiger partial charge in [0.1, 0.15) is 4.90 Å². The highest BCUT2D eigenvalue weighted by Gasteiger charge is 2.15. The number of amides is 1. The Morgan fingerprint density at radius 1 is 1.50 bits per heavy atom. The van der Waals surface area contributed by atoms with Gasteiger partial charge in [-0.25, -0.2) is 4.79 Å². The van der Waals surface area contributed by atoms with Gasteiger partial charge in [0.2, 0.25) is 0 Å². The molecule has 7 heteroatoms. The number of nitrogens with one attached hydrogen (secondary N) is 1. The van der Waals surface area contributed by atoms with Gasteiger partial charge in [0.15, 0.2) is 5.12 Å². The third-order valence-corrected chi connectivity index (χ3v) is 2.46. The summed E-state index contributed by atoms with van der Waals surface area (Å²) in [4.78, 5) is 33.1. The van der Waals surface area contributed by atoms with E-state index in [0.717, 1.165) is 11.8 Å². The van der Waals surface area contributed by atoms with Crippen LogP contribution in [0.3, 0.4) is 0 Å². The number of carbonyl (C=O) groups excluding carboxylic acids is 2. The summed E-state index contributed by atoms with van der Waals surface area (Å²) >= 11 is 0.779. The van der Waals surface area contributed by atoms with Crippen LogP contribution in [0.1, 0.15) is 12.6 Å². The van der Waals surface area contributed by atoms with Gasteiger partial charge in [0, 0.05) is 12.6 Å². The molecule has 1 rings (SSSR count). The van der Waals surface area contributed by atoms with Crippen molar-refractivity contribution in [2.45, 2.75) is 18.7 Å². The van der Waals surface area contributed by atoms with Gasteiger partial charge in [0.05, 0.1) is 0 Å². The Balaban J connectivity index is 3.25. The van der Waals surface area contributed by atoms with E-state index >= 15 is 0 Å². The molecule has 76 valence electrons. The SMILES string of the molecule is CC(=O)Sc1c(C)[nH]n(C(N)=O)c1=O. The summed E-state index contributed by atoms with van der Waals surface area (Å²) in [5, 5.41) is 2.25. The second kappa shape index (κ2) is 3.70. The van der Waals surface area contributed by atoms with Gasteiger partial charge in [-0.15, -0.1) is 0 Å². The summed E-state index contributed by atoms with van der Waals surface area (Å²) in [6.45, 7) is 2.93. The molecule has 1 aromatic rings. The van der Waals surface area contributed by atoms with Crippen LogP contribution < -0.4 is 11.3 Å². The molecule has 0 saturated carbocycles. The largest absolute Gasteiger partial charge is 0.350 e. The van der Waals surface area contributed by atoms with Crippen LogP contribution in [-0.4, -0.2) is 20.9 Å². The number of hydrogen-bond acceptors (Lipinski definition) is 4. The molecular formula is C7H9N3O3S. The van der Waals surface area contributed by atoms with Crippen LogP contribution in [-0.2, 0) is 4.79 Å². The van der Waals surface area contributed by atoms with Crippen molar-refractivity contribution < 1.29 is 9.59 Å². The first-order chi connectivity index (χ1) is 6.43. The van der Waals surface area contributed by atoms with E-state index in [1.165, 1.54) is 6.92 Å². The first kappa shape index (κ1) is 10.6. The van der Waals surface area contributed by atoms with Crippen molar-refractivity contribution >= 4 is 22.9 Å². The smallest absolute Gasteiger partial charge is 0.341 e. The fraction of sp³-hybridized carbons (Fsp3) is 0.286. The lowest BCUT2D eigenvalue weighted by molar-refractivity contribution is -0.109. The summed E-state index contributed by atoms with van der Waals surface area (Å²) in [6.07, 6.45) is 0. The van der Waals surface area contributed by atoms with Gasteiger partial charge >= 0.3 is 6.03 Å². The van der Waals surface area contributed by atoms with E-state index in [9.17, 15) is 14.4 Å². The molecular weight excluding hydrogens is 206 g/mol. The third kappa shape index (κ3) is 1.87. The normalized spacial score (nSPS) is 10.1. The quantitative estimate of drug-likeness (QED) is 0.646. The zero-order valence-corrected chi connectivity index (χ0v) is 8.47. The maximum atomic E-state index is 11.4. The van der Waals surface area contributed by atoms with Crippen LogP contribution in [0.4, 0.5) is 4.79 Å². The average molecular weight is 215 g/mol. The van der Waals surface area contributed by atoms with Gasteiger partial charge in [0.25, 0.3) is 5.56 Å². The number of nitrogens with two attached hydrogens (primary N) is 1. The first-order valence-electron chi connectivity index (χ1n) is 3.73. The molecule has 1 heterocycles. The molecule has 0 aliphatic carbocycles. The number of hydrogen-bond donors (Lipinski definition) is 2. The number of H-pyrrole nitrogens is 1. The van der Waals surface area contributed by atoms with Crippen LogP contribution in [0, 0.1) is 6.92 Å². The Morgan fingerprint density at radius 3 is 2.43 bits per heavy atom. The Hall–Kier alpha value is -1.50. The van der Waals surface area contributed by atoms with Crippen molar-refractivity contribution in [1.29, 1.82) is 0 Å². The molecule has 0 spiro atoms. The van der Waals surface area contributed by atoms with E-state index in [2.05, 4.69) is 5.10 Å². The Kier molecular flexibility index (Phi) is 2.80. The van der Waals surface area contributed by atoms with Gasteiger partial charge in [-0.1, -0.05) is 0 Å². The van der Waals surface area contributed by atoms with Crippen LogP contribution in [0.2, 0.25) is 0 Å². The van der Waals surface area contributed by atoms with Crippen molar-refractivity contribution in [3.8, 4) is 0 Å². The molecule has 3 N–H and O–H groups in total. The minimum Gasteiger partial charge on any atom is -0.350 e. The number of rotatable bonds is 1. The topological polar surface area (TPSA) is 97.9 Å². The van der Waals surface area contributed by atoms with Crippen molar-refractivity contribution in [1.82, 2.24) is 9.78 Å². The van der Waals surface area contributed by atoms with E-state index in [0.29, 0.717) is 10.4 Å². The Bertz CT molecular complexity index is 446. The molecule has 0 atom stereocenters. The van der Waals surface area contributed by atoms with Crippen LogP contribution >= 0.6 is 11.8 Å². The lowest BCUT2D eigenvalue weighted by Crippen LogP contribution is -2.30. The Morgan fingerprint density at radius 2 is 2.07 bits per heavy atom. The minimum atomic E-state index is -0.895. The highest BCUT2D eigenvalue weighted by molar-refractivity contribution is 8.13. The van der Waals surface area contributed by atoms with Crippen LogP contribution in [0.25, 0.3) is 0 Å². The number of carbonyl (C=O) groups is 2. The summed E-state index contributed by atoms with van der Waals surface area (Å²) < 4.78 is 0.667. The summed E-state index contributed by atoms with van der Waals surface area (Å²) in [7, 11) is 0. The lowest BCUT2D eigenvalue weighted by Gasteiger charge is -1.89. The summed E-state index contributed by atoms with van der Waals surface area (Å²) in [5.74, 6) is 0. The number of thioether (sulfide) groups is 1. The van der Waals surface area contributed by atoms with E-state index in [1.54, 1.807) is 6.92 Å². The fourth-order valence-electron chi connectivity index (χ4n) is 0.950. The molecule has 0 aliphatic rings. The maximum absolute atomic E-state index is 11.4. The molecule has 1 amide bonds. The van der Waals surface area contributed by atoms with Gasteiger partial charge in [-0.2, -0.15) is 4.68 Å². The molecule has 0 fully saturated rings. The van der Waals surface area contributed by atoms with Crippen molar-refractivity contribution in [3.63, 3.8) is 0 Å². The molecule has 6 nitrogen and oxygen atoms in total. The predicted octanol–water partition coefficient (Wildman–Crippen LogP) is 0.0502. The molecule has 0 unspecified atom stereocenters. The number of aromatic nitrogens is 2. The van der Waals surface area contributed by atoms with E-state index < -0.39 is 11.6 Å². The maximum Gasteiger partial charge on any atom is 0.341 e. The van der Waals surface area contributed by atoms with Crippen LogP contribution in [0.5, 0.6) is 0 Å². The molecule has 0 bridgehead atoms. The molecule has 1 aromatic heterocycles. The van der Waals surface area contributed by atoms with Crippen molar-refractivity contribution in [2.24, 2.45) is 5.73 Å². The third-order valence-electron chi connectivity index (χ3n) is 1.48. The second-order valence-corrected chi connectivity index (χ2v) is 3.83. The average Bonchev–Trinajstić information content (AvgIpc) is 2.31. The van der Waals surface area contributed by atoms with Crippen molar-refractivity contribution in [2.75, 3.05) is 0 Å². The monoisotopic (exact) mass is 215 g/mol. The zero-order valence-electron chi connectivity index (χ0n) is 7.66. The number of primary amides is 1. The molecule has 14 heavy (non-hydrogen) atoms. The first-order valence-corrected chi connectivity index (χ1v) is 4.55. The standard InChI is InChI=1S/C7H9N3O3S/c1-3-5(14-4(2)11)6(12)10(9-3)7(8)13/h9H,1-2H3,(H2,8,13). The van der Waals surface area contributed by atoms with Gasteiger partial charge in [-0.3, -0.25) is 14.7 Å². The van der Waals surface area contributed by atoms with E-state index in [4.69, 9.17) is 5.73 Å². The predicted molar refractivity (Wildman–Crippen MR) is 51.3 cm³/mol. The second-order valence-electron chi connectivity index (χ2n) is 2.64. The highest BCUT2D eigenvalue weighted by Crippen LogP contribution is 2.16. The summed E-state index contributed by atoms with van der Waals surface area (Å²) in [6, 6.07) is -0.895. The van der Waals surface area contributed by atoms with E-state index in [-0.39, 0.29) is 10.0 Å². The minimum absolute atomic E-state index is 0.205. The van der Waals surface area contributed by atoms with Gasteiger partial charge < -0.3 is 5.73 Å². The highest BCUT2D eigenvalue weighted by atomic mass is 32.2. The fourth-order valence-corrected chi connectivity index (χ4v) is 1.62. The molecule has 0 aromatic carbocycles. The Labute approximate surface area is 83.4 Å². The number of nitrogens with zero attached hydrogens (tertiary/aromatic N) is 1. The lowest BCUT2D eigenvalue weighted by atomic mass is 10.5. The number of aromatic amines is 1. The molecule has 0 radical (unpaired) electrons. The zero-order chi connectivity index (χ0) is 10.9. The van der Waals surface area contributed by atoms with E-state index in [1.807, 2.05) is 0 Å². The van der Waals surface area contributed by atoms with Crippen molar-refractivity contribution in [3.05, 3.63) is 16.0 Å². The van der Waals surface area contributed by atoms with Gasteiger partial charge in [-0.05, 0) is 18.7 Å². The number of aryl methyl sites for hydroxylation is 1. The summed E-state index contributed by atoms with van der Waals surface area (Å²) in [5.41, 5.74) is 4.79. The molecule has 0 aliphatic heterocycles.